The second kappa shape index (κ2) is 11.5. The summed E-state index contributed by atoms with van der Waals surface area (Å²) in [7, 11) is 2.90. The highest BCUT2D eigenvalue weighted by molar-refractivity contribution is 6.32. The number of ether oxygens (including phenoxy) is 3. The maximum atomic E-state index is 12.8. The van der Waals surface area contributed by atoms with Crippen molar-refractivity contribution in [3.05, 3.63) is 57.5 Å². The molecule has 180 valence electrons. The average Bonchev–Trinajstić information content (AvgIpc) is 2.84. The highest BCUT2D eigenvalue weighted by Crippen LogP contribution is 2.35. The number of nitrogens with one attached hydrogen (secondary N) is 1. The smallest absolute Gasteiger partial charge is 0.359 e. The van der Waals surface area contributed by atoms with Crippen molar-refractivity contribution >= 4 is 39.9 Å². The number of aromatic nitrogens is 2. The SMILES string of the molecule is CCCCCn1nc(C(=O)OCC(=O)Nc2cc(Cl)c(OC)cc2OC)c2ccccc2c1=O. The number of anilines is 1. The minimum absolute atomic E-state index is 0.0235. The second-order valence-corrected chi connectivity index (χ2v) is 7.85. The number of rotatable bonds is 10. The van der Waals surface area contributed by atoms with Gasteiger partial charge in [-0.25, -0.2) is 9.48 Å². The van der Waals surface area contributed by atoms with Crippen LogP contribution in [0.4, 0.5) is 5.69 Å². The van der Waals surface area contributed by atoms with E-state index in [1.165, 1.54) is 31.0 Å². The Kier molecular flexibility index (Phi) is 8.48. The van der Waals surface area contributed by atoms with Crippen LogP contribution in [0.1, 0.15) is 36.7 Å². The van der Waals surface area contributed by atoms with Crippen LogP contribution >= 0.6 is 11.6 Å². The van der Waals surface area contributed by atoms with Gasteiger partial charge in [0.05, 0.1) is 30.3 Å². The minimum Gasteiger partial charge on any atom is -0.495 e. The number of unbranched alkanes of at least 4 members (excludes halogenated alkanes) is 2. The van der Waals surface area contributed by atoms with Gasteiger partial charge in [-0.2, -0.15) is 5.10 Å². The van der Waals surface area contributed by atoms with Crippen molar-refractivity contribution in [2.45, 2.75) is 32.7 Å². The second-order valence-electron chi connectivity index (χ2n) is 7.44. The number of benzene rings is 2. The monoisotopic (exact) mass is 487 g/mol. The quantitative estimate of drug-likeness (QED) is 0.339. The third kappa shape index (κ3) is 5.66. The van der Waals surface area contributed by atoms with Gasteiger partial charge in [0.25, 0.3) is 11.5 Å². The summed E-state index contributed by atoms with van der Waals surface area (Å²) in [6, 6.07) is 9.69. The normalized spacial score (nSPS) is 10.7. The number of nitrogens with zero attached hydrogens (tertiary/aromatic N) is 2. The fourth-order valence-electron chi connectivity index (χ4n) is 3.39. The summed E-state index contributed by atoms with van der Waals surface area (Å²) in [6.45, 7) is 1.87. The van der Waals surface area contributed by atoms with E-state index in [0.29, 0.717) is 34.5 Å². The van der Waals surface area contributed by atoms with Crippen LogP contribution in [0, 0.1) is 0 Å². The van der Waals surface area contributed by atoms with E-state index in [-0.39, 0.29) is 16.3 Å². The zero-order chi connectivity index (χ0) is 24.7. The molecule has 3 rings (SSSR count). The molecule has 3 aromatic rings. The van der Waals surface area contributed by atoms with Crippen LogP contribution in [-0.4, -0.2) is 42.5 Å². The maximum Gasteiger partial charge on any atom is 0.359 e. The first-order valence-electron chi connectivity index (χ1n) is 10.8. The average molecular weight is 488 g/mol. The largest absolute Gasteiger partial charge is 0.495 e. The molecule has 34 heavy (non-hydrogen) atoms. The first kappa shape index (κ1) is 25.0. The van der Waals surface area contributed by atoms with E-state index in [0.717, 1.165) is 19.3 Å². The third-order valence-corrected chi connectivity index (χ3v) is 5.41. The van der Waals surface area contributed by atoms with E-state index in [1.54, 1.807) is 24.3 Å². The van der Waals surface area contributed by atoms with E-state index in [4.69, 9.17) is 25.8 Å². The molecule has 0 spiro atoms. The van der Waals surface area contributed by atoms with Crippen LogP contribution in [0.3, 0.4) is 0 Å². The Morgan fingerprint density at radius 1 is 1.06 bits per heavy atom. The topological polar surface area (TPSA) is 109 Å². The zero-order valence-corrected chi connectivity index (χ0v) is 20.0. The maximum absolute atomic E-state index is 12.8. The van der Waals surface area contributed by atoms with Gasteiger partial charge in [-0.05, 0) is 18.6 Å². The number of hydrogen-bond acceptors (Lipinski definition) is 7. The molecule has 2 aromatic carbocycles. The van der Waals surface area contributed by atoms with Crippen LogP contribution in [0.15, 0.2) is 41.2 Å². The summed E-state index contributed by atoms with van der Waals surface area (Å²) in [5.74, 6) is -0.702. The molecule has 0 radical (unpaired) electrons. The zero-order valence-electron chi connectivity index (χ0n) is 19.2. The Morgan fingerprint density at radius 3 is 2.44 bits per heavy atom. The standard InChI is InChI=1S/C24H26ClN3O6/c1-4-5-8-11-28-23(30)16-10-7-6-9-15(16)22(27-28)24(31)34-14-21(29)26-18-12-17(25)19(32-2)13-20(18)33-3/h6-7,9-10,12-13H,4-5,8,11,14H2,1-3H3,(H,26,29). The van der Waals surface area contributed by atoms with Gasteiger partial charge in [0.1, 0.15) is 11.5 Å². The van der Waals surface area contributed by atoms with E-state index in [2.05, 4.69) is 17.3 Å². The van der Waals surface area contributed by atoms with Crippen molar-refractivity contribution in [1.29, 1.82) is 0 Å². The van der Waals surface area contributed by atoms with Crippen LogP contribution in [-0.2, 0) is 16.1 Å². The Bertz CT molecular complexity index is 1260. The van der Waals surface area contributed by atoms with E-state index >= 15 is 0 Å². The number of amides is 1. The van der Waals surface area contributed by atoms with Gasteiger partial charge < -0.3 is 19.5 Å². The molecule has 0 aliphatic heterocycles. The summed E-state index contributed by atoms with van der Waals surface area (Å²) in [5, 5.41) is 7.84. The molecular weight excluding hydrogens is 462 g/mol. The van der Waals surface area contributed by atoms with Crippen molar-refractivity contribution in [2.24, 2.45) is 0 Å². The summed E-state index contributed by atoms with van der Waals surface area (Å²) in [4.78, 5) is 38.0. The number of halogens is 1. The van der Waals surface area contributed by atoms with Gasteiger partial charge in [0, 0.05) is 18.0 Å². The van der Waals surface area contributed by atoms with Crippen molar-refractivity contribution in [1.82, 2.24) is 9.78 Å². The Balaban J connectivity index is 1.78. The van der Waals surface area contributed by atoms with E-state index in [1.807, 2.05) is 0 Å². The van der Waals surface area contributed by atoms with Gasteiger partial charge in [-0.3, -0.25) is 9.59 Å². The molecular formula is C24H26ClN3O6. The van der Waals surface area contributed by atoms with Gasteiger partial charge >= 0.3 is 5.97 Å². The van der Waals surface area contributed by atoms with Crippen molar-refractivity contribution in [2.75, 3.05) is 26.1 Å². The van der Waals surface area contributed by atoms with Crippen LogP contribution in [0.2, 0.25) is 5.02 Å². The van der Waals surface area contributed by atoms with Gasteiger partial charge in [0.2, 0.25) is 0 Å². The fraction of sp³-hybridized carbons (Fsp3) is 0.333. The van der Waals surface area contributed by atoms with Gasteiger partial charge in [0.15, 0.2) is 12.3 Å². The molecule has 0 fully saturated rings. The number of aryl methyl sites for hydroxylation is 1. The minimum atomic E-state index is -0.810. The highest BCUT2D eigenvalue weighted by atomic mass is 35.5. The summed E-state index contributed by atoms with van der Waals surface area (Å²) in [6.07, 6.45) is 2.67. The number of hydrogen-bond donors (Lipinski definition) is 1. The van der Waals surface area contributed by atoms with Gasteiger partial charge in [-0.1, -0.05) is 49.6 Å². The highest BCUT2D eigenvalue weighted by Gasteiger charge is 2.20. The van der Waals surface area contributed by atoms with E-state index < -0.39 is 18.5 Å². The van der Waals surface area contributed by atoms with Crippen molar-refractivity contribution in [3.8, 4) is 11.5 Å². The summed E-state index contributed by atoms with van der Waals surface area (Å²) >= 11 is 6.12. The first-order valence-corrected chi connectivity index (χ1v) is 11.2. The molecule has 9 nitrogen and oxygen atoms in total. The summed E-state index contributed by atoms with van der Waals surface area (Å²) in [5.41, 5.74) is -0.00329. The lowest BCUT2D eigenvalue weighted by Gasteiger charge is -2.13. The predicted octanol–water partition coefficient (Wildman–Crippen LogP) is 4.05. The van der Waals surface area contributed by atoms with Crippen LogP contribution < -0.4 is 20.3 Å². The molecule has 1 aromatic heterocycles. The lowest BCUT2D eigenvalue weighted by atomic mass is 10.1. The lowest BCUT2D eigenvalue weighted by molar-refractivity contribution is -0.119. The van der Waals surface area contributed by atoms with Crippen molar-refractivity contribution < 1.29 is 23.8 Å². The Labute approximate surface area is 201 Å². The van der Waals surface area contributed by atoms with Crippen LogP contribution in [0.5, 0.6) is 11.5 Å². The summed E-state index contributed by atoms with van der Waals surface area (Å²) < 4.78 is 16.9. The molecule has 0 saturated carbocycles. The number of esters is 1. The number of carbonyl (C=O) groups is 2. The molecule has 10 heteroatoms. The number of methoxy groups -OCH3 is 2. The Hall–Kier alpha value is -3.59. The molecule has 1 amide bonds. The third-order valence-electron chi connectivity index (χ3n) is 5.12. The predicted molar refractivity (Wildman–Crippen MR) is 129 cm³/mol. The number of fused-ring (bicyclic) bond motifs is 1. The molecule has 1 N–H and O–H groups in total. The molecule has 0 bridgehead atoms. The fourth-order valence-corrected chi connectivity index (χ4v) is 3.63. The van der Waals surface area contributed by atoms with E-state index in [9.17, 15) is 14.4 Å². The van der Waals surface area contributed by atoms with Gasteiger partial charge in [-0.15, -0.1) is 0 Å². The molecule has 0 aliphatic rings. The lowest BCUT2D eigenvalue weighted by Crippen LogP contribution is -2.28. The Morgan fingerprint density at radius 2 is 1.76 bits per heavy atom. The first-order chi connectivity index (χ1) is 16.4. The molecule has 0 atom stereocenters. The molecule has 1 heterocycles. The van der Waals surface area contributed by atoms with Crippen LogP contribution in [0.25, 0.3) is 10.8 Å². The number of carbonyl (C=O) groups excluding carboxylic acids is 2. The molecule has 0 aliphatic carbocycles. The molecule has 0 saturated heterocycles. The van der Waals surface area contributed by atoms with Crippen molar-refractivity contribution in [3.63, 3.8) is 0 Å². The molecule has 0 unspecified atom stereocenters.